The zero-order valence-corrected chi connectivity index (χ0v) is 16.0. The number of fused-ring (bicyclic) bond motifs is 3. The molecular weight excluding hydrogens is 380 g/mol. The van der Waals surface area contributed by atoms with Crippen LogP contribution >= 0.6 is 11.3 Å². The maximum atomic E-state index is 8.36. The van der Waals surface area contributed by atoms with Crippen LogP contribution in [0.4, 0.5) is 17.3 Å². The molecule has 0 unspecified atom stereocenters. The highest BCUT2D eigenvalue weighted by Crippen LogP contribution is 2.39. The maximum absolute atomic E-state index is 8.36. The fraction of sp³-hybridized carbons (Fsp3) is 0.278. The van der Waals surface area contributed by atoms with Gasteiger partial charge in [0.25, 0.3) is 6.47 Å². The Morgan fingerprint density at radius 3 is 2.82 bits per heavy atom. The molecule has 1 aliphatic rings. The van der Waals surface area contributed by atoms with Crippen LogP contribution in [0, 0.1) is 5.41 Å². The normalized spacial score (nSPS) is 12.5. The molecule has 4 rings (SSSR count). The molecule has 0 aliphatic heterocycles. The van der Waals surface area contributed by atoms with Crippen LogP contribution in [0.15, 0.2) is 12.4 Å². The van der Waals surface area contributed by atoms with Gasteiger partial charge in [-0.05, 0) is 37.3 Å². The summed E-state index contributed by atoms with van der Waals surface area (Å²) in [6.45, 7) is -0.250. The third kappa shape index (κ3) is 3.72. The summed E-state index contributed by atoms with van der Waals surface area (Å²) in [7, 11) is 1.54. The van der Waals surface area contributed by atoms with E-state index in [1.54, 1.807) is 30.8 Å². The Bertz CT molecular complexity index is 1020. The van der Waals surface area contributed by atoms with Gasteiger partial charge in [-0.2, -0.15) is 4.98 Å². The number of aromatic nitrogens is 3. The number of hydrogen-bond acceptors (Lipinski definition) is 9. The minimum absolute atomic E-state index is 0.250. The van der Waals surface area contributed by atoms with Gasteiger partial charge in [-0.1, -0.05) is 0 Å². The molecule has 0 aromatic carbocycles. The number of anilines is 3. The number of aryl methyl sites for hydroxylation is 2. The first kappa shape index (κ1) is 19.5. The van der Waals surface area contributed by atoms with Crippen molar-refractivity contribution in [2.45, 2.75) is 25.7 Å². The smallest absolute Gasteiger partial charge is 0.290 e. The third-order valence-electron chi connectivity index (χ3n) is 4.40. The minimum atomic E-state index is -0.250. The van der Waals surface area contributed by atoms with E-state index in [0.717, 1.165) is 28.9 Å². The van der Waals surface area contributed by atoms with Crippen molar-refractivity contribution in [3.8, 4) is 5.88 Å². The Balaban J connectivity index is 0.000000706. The Hall–Kier alpha value is -3.27. The van der Waals surface area contributed by atoms with Crippen LogP contribution in [0.3, 0.4) is 0 Å². The molecule has 3 heterocycles. The molecule has 0 atom stereocenters. The fourth-order valence-electron chi connectivity index (χ4n) is 3.20. The number of carbonyl (C=O) groups is 1. The van der Waals surface area contributed by atoms with Crippen molar-refractivity contribution in [2.75, 3.05) is 18.2 Å². The molecule has 9 nitrogen and oxygen atoms in total. The van der Waals surface area contributed by atoms with Crippen LogP contribution in [0.25, 0.3) is 10.2 Å². The molecule has 5 N–H and O–H groups in total. The van der Waals surface area contributed by atoms with Crippen molar-refractivity contribution >= 4 is 51.6 Å². The number of nitrogens with two attached hydrogens (primary N) is 1. The van der Waals surface area contributed by atoms with Crippen molar-refractivity contribution in [3.05, 3.63) is 28.4 Å². The molecule has 0 fully saturated rings. The van der Waals surface area contributed by atoms with E-state index < -0.39 is 0 Å². The van der Waals surface area contributed by atoms with Crippen molar-refractivity contribution in [1.82, 2.24) is 15.0 Å². The molecule has 0 spiro atoms. The third-order valence-corrected chi connectivity index (χ3v) is 5.60. The van der Waals surface area contributed by atoms with Gasteiger partial charge in [0.1, 0.15) is 28.5 Å². The lowest BCUT2D eigenvalue weighted by atomic mass is 9.97. The predicted octanol–water partition coefficient (Wildman–Crippen LogP) is 3.00. The minimum Gasteiger partial charge on any atom is -0.483 e. The van der Waals surface area contributed by atoms with Gasteiger partial charge >= 0.3 is 0 Å². The number of nitrogens with one attached hydrogen (secondary N) is 2. The largest absolute Gasteiger partial charge is 0.483 e. The van der Waals surface area contributed by atoms with Crippen LogP contribution in [0.1, 0.15) is 28.8 Å². The Kier molecular flexibility index (Phi) is 5.99. The number of carboxylic acid groups (broad SMARTS) is 1. The number of rotatable bonds is 4. The van der Waals surface area contributed by atoms with Crippen LogP contribution < -0.4 is 15.8 Å². The molecule has 0 saturated carbocycles. The van der Waals surface area contributed by atoms with Crippen molar-refractivity contribution in [1.29, 1.82) is 5.41 Å². The van der Waals surface area contributed by atoms with Gasteiger partial charge in [0.05, 0.1) is 12.5 Å². The van der Waals surface area contributed by atoms with Gasteiger partial charge in [0.15, 0.2) is 0 Å². The van der Waals surface area contributed by atoms with E-state index in [4.69, 9.17) is 25.8 Å². The average molecular weight is 400 g/mol. The second-order valence-corrected chi connectivity index (χ2v) is 7.09. The lowest BCUT2D eigenvalue weighted by Gasteiger charge is -2.14. The molecule has 146 valence electrons. The topological polar surface area (TPSA) is 147 Å². The predicted molar refractivity (Wildman–Crippen MR) is 109 cm³/mol. The molecule has 3 aromatic rings. The van der Waals surface area contributed by atoms with Gasteiger partial charge in [-0.15, -0.1) is 11.3 Å². The molecule has 28 heavy (non-hydrogen) atoms. The van der Waals surface area contributed by atoms with Crippen molar-refractivity contribution in [3.63, 3.8) is 0 Å². The van der Waals surface area contributed by atoms with Gasteiger partial charge in [0, 0.05) is 16.7 Å². The number of hydrogen-bond donors (Lipinski definition) is 4. The van der Waals surface area contributed by atoms with Gasteiger partial charge in [-0.3, -0.25) is 4.79 Å². The number of thiophene rings is 1. The van der Waals surface area contributed by atoms with Crippen molar-refractivity contribution in [2.24, 2.45) is 0 Å². The Labute approximate surface area is 165 Å². The van der Waals surface area contributed by atoms with Crippen LogP contribution in [-0.4, -0.2) is 39.9 Å². The summed E-state index contributed by atoms with van der Waals surface area (Å²) in [5.41, 5.74) is 8.35. The molecule has 10 heteroatoms. The van der Waals surface area contributed by atoms with Gasteiger partial charge in [0.2, 0.25) is 5.88 Å². The van der Waals surface area contributed by atoms with Crippen LogP contribution in [0.2, 0.25) is 0 Å². The summed E-state index contributed by atoms with van der Waals surface area (Å²) in [6.07, 6.45) is 7.34. The Morgan fingerprint density at radius 1 is 1.36 bits per heavy atom. The van der Waals surface area contributed by atoms with E-state index >= 15 is 0 Å². The number of methoxy groups -OCH3 is 1. The molecular formula is C18H20N6O3S. The van der Waals surface area contributed by atoms with E-state index in [2.05, 4.69) is 20.3 Å². The second-order valence-electron chi connectivity index (χ2n) is 6.01. The van der Waals surface area contributed by atoms with Crippen LogP contribution in [-0.2, 0) is 17.6 Å². The maximum Gasteiger partial charge on any atom is 0.290 e. The number of pyridine rings is 1. The number of nitrogen functional groups attached to an aromatic ring is 1. The number of ether oxygens (including phenoxy) is 1. The highest BCUT2D eigenvalue weighted by atomic mass is 32.1. The highest BCUT2D eigenvalue weighted by Gasteiger charge is 2.21. The zero-order chi connectivity index (χ0) is 20.1. The first-order valence-corrected chi connectivity index (χ1v) is 9.39. The summed E-state index contributed by atoms with van der Waals surface area (Å²) in [5.74, 6) is 1.38. The summed E-state index contributed by atoms with van der Waals surface area (Å²) in [5, 5.41) is 18.8. The summed E-state index contributed by atoms with van der Waals surface area (Å²) in [6, 6.07) is 1.75. The monoisotopic (exact) mass is 400 g/mol. The molecule has 0 bridgehead atoms. The average Bonchev–Trinajstić information content (AvgIpc) is 3.09. The summed E-state index contributed by atoms with van der Waals surface area (Å²) in [4.78, 5) is 23.9. The lowest BCUT2D eigenvalue weighted by molar-refractivity contribution is -0.122. The van der Waals surface area contributed by atoms with Crippen LogP contribution in [0.5, 0.6) is 5.88 Å². The fourth-order valence-corrected chi connectivity index (χ4v) is 4.43. The molecule has 0 radical (unpaired) electrons. The van der Waals surface area contributed by atoms with E-state index in [9.17, 15) is 0 Å². The highest BCUT2D eigenvalue weighted by molar-refractivity contribution is 7.19. The Morgan fingerprint density at radius 2 is 2.11 bits per heavy atom. The lowest BCUT2D eigenvalue weighted by Crippen LogP contribution is -2.05. The van der Waals surface area contributed by atoms with Crippen molar-refractivity contribution < 1.29 is 14.6 Å². The first-order valence-electron chi connectivity index (χ1n) is 8.58. The van der Waals surface area contributed by atoms with E-state index in [1.165, 1.54) is 29.5 Å². The summed E-state index contributed by atoms with van der Waals surface area (Å²) >= 11 is 1.75. The molecule has 0 amide bonds. The van der Waals surface area contributed by atoms with E-state index in [1.807, 2.05) is 0 Å². The van der Waals surface area contributed by atoms with E-state index in [-0.39, 0.29) is 12.3 Å². The zero-order valence-electron chi connectivity index (χ0n) is 15.2. The molecule has 1 aliphatic carbocycles. The molecule has 0 saturated heterocycles. The number of nitrogens with zero attached hydrogens (tertiary/aromatic N) is 3. The van der Waals surface area contributed by atoms with Gasteiger partial charge in [-0.25, -0.2) is 9.97 Å². The van der Waals surface area contributed by atoms with Gasteiger partial charge < -0.3 is 26.3 Å². The first-order chi connectivity index (χ1) is 13.6. The standard InChI is InChI=1S/C17H18N6OS.CH2O2/c1-24-16-11(6-9(7-18)14(19)23-16)22-15-13-10-4-2-3-5-12(10)25-17(13)21-8-20-15;2-1-3/h6-8,18H,2-5H2,1H3,(H2,19,23)(H,20,21,22);1H,(H,2,3). The van der Waals surface area contributed by atoms with E-state index in [0.29, 0.717) is 17.1 Å². The molecule has 3 aromatic heterocycles. The summed E-state index contributed by atoms with van der Waals surface area (Å²) < 4.78 is 5.33. The quantitative estimate of drug-likeness (QED) is 0.386. The second kappa shape index (κ2) is 8.61. The SMILES string of the molecule is COc1nc(N)c(C=N)cc1Nc1ncnc2sc3c(c12)CCCC3.O=CO.